The molecular weight excluding hydrogens is 580 g/mol. The zero-order valence-corrected chi connectivity index (χ0v) is 26.3. The van der Waals surface area contributed by atoms with Gasteiger partial charge in [-0.3, -0.25) is 14.8 Å². The fourth-order valence-electron chi connectivity index (χ4n) is 5.53. The van der Waals surface area contributed by atoms with Crippen LogP contribution in [0.4, 0.5) is 11.5 Å². The summed E-state index contributed by atoms with van der Waals surface area (Å²) in [6.45, 7) is 3.90. The molecule has 1 aliphatic heterocycles. The SMILES string of the molecule is CC1=C=CNc2c(n(-c3ccc(Oc4ccccc4)cc3)c(=O)n2-c2cc(C)cc(N(C)C(=O)/C=C/C[N+](C)([O-])C3CC3)c2)C1=N. The maximum absolute atomic E-state index is 14.3. The van der Waals surface area contributed by atoms with Gasteiger partial charge < -0.3 is 24.8 Å². The molecule has 0 radical (unpaired) electrons. The van der Waals surface area contributed by atoms with Crippen molar-refractivity contribution in [2.75, 3.05) is 30.9 Å². The highest BCUT2D eigenvalue weighted by atomic mass is 16.5. The van der Waals surface area contributed by atoms with Crippen LogP contribution in [0.1, 0.15) is 31.0 Å². The topological polar surface area (TPSA) is 115 Å². The smallest absolute Gasteiger partial charge is 0.339 e. The first kappa shape index (κ1) is 30.6. The number of quaternary nitrogens is 1. The molecule has 2 heterocycles. The first-order valence-corrected chi connectivity index (χ1v) is 15.1. The summed E-state index contributed by atoms with van der Waals surface area (Å²) in [5, 5.41) is 24.8. The van der Waals surface area contributed by atoms with E-state index in [4.69, 9.17) is 10.1 Å². The summed E-state index contributed by atoms with van der Waals surface area (Å²) in [5.41, 5.74) is 6.26. The van der Waals surface area contributed by atoms with Crippen molar-refractivity contribution in [3.05, 3.63) is 129 Å². The van der Waals surface area contributed by atoms with E-state index in [2.05, 4.69) is 11.0 Å². The molecule has 2 aliphatic rings. The summed E-state index contributed by atoms with van der Waals surface area (Å²) in [6, 6.07) is 22.1. The van der Waals surface area contributed by atoms with Crippen molar-refractivity contribution in [2.45, 2.75) is 32.7 Å². The average molecular weight is 617 g/mol. The summed E-state index contributed by atoms with van der Waals surface area (Å²) in [6.07, 6.45) is 6.51. The predicted molar refractivity (Wildman–Crippen MR) is 180 cm³/mol. The molecular formula is C36H36N6O4. The number of carbonyl (C=O) groups is 1. The van der Waals surface area contributed by atoms with E-state index in [-0.39, 0.29) is 34.5 Å². The van der Waals surface area contributed by atoms with Crippen LogP contribution in [0.25, 0.3) is 11.4 Å². The highest BCUT2D eigenvalue weighted by molar-refractivity contribution is 6.13. The van der Waals surface area contributed by atoms with Gasteiger partial charge in [-0.25, -0.2) is 9.36 Å². The lowest BCUT2D eigenvalue weighted by Crippen LogP contribution is -2.40. The third-order valence-corrected chi connectivity index (χ3v) is 8.31. The van der Waals surface area contributed by atoms with Gasteiger partial charge in [-0.05, 0) is 80.1 Å². The number of hydrogen-bond donors (Lipinski definition) is 2. The molecule has 1 unspecified atom stereocenters. The fourth-order valence-corrected chi connectivity index (χ4v) is 5.53. The van der Waals surface area contributed by atoms with Crippen molar-refractivity contribution in [1.82, 2.24) is 9.13 Å². The number of para-hydroxylation sites is 1. The van der Waals surface area contributed by atoms with Crippen LogP contribution >= 0.6 is 0 Å². The number of likely N-dealkylation sites (N-methyl/N-ethyl adjacent to an activating group) is 2. The Morgan fingerprint density at radius 1 is 1.07 bits per heavy atom. The Balaban J connectivity index is 1.37. The first-order chi connectivity index (χ1) is 22.0. The fraction of sp³-hybridized carbons (Fsp3) is 0.222. The molecule has 3 aromatic carbocycles. The number of anilines is 2. The number of fused-ring (bicyclic) bond motifs is 1. The van der Waals surface area contributed by atoms with Crippen LogP contribution in [-0.4, -0.2) is 52.1 Å². The van der Waals surface area contributed by atoms with E-state index < -0.39 is 0 Å². The standard InChI is InChI=1S/C36H36N6O4/c1-24-21-27(39(3)32(43)11-8-20-42(4,45)29-14-15-29)23-28(22-24)41-35-34(33(37)25(2)18-19-38-35)40(36(41)44)26-12-16-31(17-13-26)46-30-9-6-5-7-10-30/h5-13,16-17,19,21-23,29,37-38H,14-15,20H2,1-4H3/b11-8+,37-33?. The molecule has 1 aromatic heterocycles. The lowest BCUT2D eigenvalue weighted by Gasteiger charge is -2.38. The summed E-state index contributed by atoms with van der Waals surface area (Å²) in [5.74, 6) is 1.43. The molecule has 10 nitrogen and oxygen atoms in total. The van der Waals surface area contributed by atoms with Gasteiger partial charge in [0, 0.05) is 43.4 Å². The number of allylic oxidation sites excluding steroid dienone is 1. The molecule has 0 saturated heterocycles. The second kappa shape index (κ2) is 12.2. The molecule has 2 N–H and O–H groups in total. The minimum Gasteiger partial charge on any atom is -0.633 e. The van der Waals surface area contributed by atoms with Crippen LogP contribution in [0.5, 0.6) is 11.5 Å². The Kier molecular flexibility index (Phi) is 8.10. The van der Waals surface area contributed by atoms with E-state index in [1.807, 2.05) is 49.4 Å². The average Bonchev–Trinajstić information content (AvgIpc) is 3.87. The molecule has 0 spiro atoms. The number of hydrogen-bond acceptors (Lipinski definition) is 6. The second-order valence-corrected chi connectivity index (χ2v) is 11.9. The summed E-state index contributed by atoms with van der Waals surface area (Å²) in [4.78, 5) is 28.9. The molecule has 1 amide bonds. The monoisotopic (exact) mass is 616 g/mol. The van der Waals surface area contributed by atoms with Crippen molar-refractivity contribution in [3.8, 4) is 22.9 Å². The molecule has 1 aliphatic carbocycles. The highest BCUT2D eigenvalue weighted by Gasteiger charge is 2.34. The molecule has 4 aromatic rings. The van der Waals surface area contributed by atoms with Crippen LogP contribution in [0.3, 0.4) is 0 Å². The molecule has 234 valence electrons. The van der Waals surface area contributed by atoms with Gasteiger partial charge >= 0.3 is 5.69 Å². The Morgan fingerprint density at radius 3 is 2.46 bits per heavy atom. The van der Waals surface area contributed by atoms with Crippen molar-refractivity contribution in [3.63, 3.8) is 0 Å². The molecule has 1 fully saturated rings. The minimum atomic E-state index is -0.389. The van der Waals surface area contributed by atoms with Crippen LogP contribution < -0.4 is 20.6 Å². The van der Waals surface area contributed by atoms with Crippen molar-refractivity contribution in [2.24, 2.45) is 0 Å². The lowest BCUT2D eigenvalue weighted by molar-refractivity contribution is -0.865. The zero-order valence-electron chi connectivity index (χ0n) is 26.3. The number of aromatic nitrogens is 2. The first-order valence-electron chi connectivity index (χ1n) is 15.1. The number of aryl methyl sites for hydroxylation is 1. The Hall–Kier alpha value is -5.41. The largest absolute Gasteiger partial charge is 0.633 e. The number of ether oxygens (including phenoxy) is 1. The van der Waals surface area contributed by atoms with E-state index in [9.17, 15) is 14.8 Å². The number of imidazole rings is 1. The van der Waals surface area contributed by atoms with Crippen molar-refractivity contribution < 1.29 is 14.2 Å². The second-order valence-electron chi connectivity index (χ2n) is 11.9. The van der Waals surface area contributed by atoms with Gasteiger partial charge in [-0.1, -0.05) is 23.9 Å². The number of carbonyl (C=O) groups excluding carboxylic acids is 1. The Labute approximate surface area is 267 Å². The lowest BCUT2D eigenvalue weighted by atomic mass is 10.1. The van der Waals surface area contributed by atoms with Crippen LogP contribution in [-0.2, 0) is 4.79 Å². The van der Waals surface area contributed by atoms with Crippen molar-refractivity contribution in [1.29, 1.82) is 5.41 Å². The molecule has 10 heteroatoms. The zero-order chi connectivity index (χ0) is 32.6. The van der Waals surface area contributed by atoms with Crippen LogP contribution in [0, 0.1) is 17.5 Å². The van der Waals surface area contributed by atoms with E-state index in [0.717, 1.165) is 18.4 Å². The quantitative estimate of drug-likeness (QED) is 0.100. The van der Waals surface area contributed by atoms with Gasteiger partial charge in [0.15, 0.2) is 0 Å². The van der Waals surface area contributed by atoms with E-state index in [0.29, 0.717) is 45.6 Å². The third kappa shape index (κ3) is 6.09. The van der Waals surface area contributed by atoms with E-state index in [1.165, 1.54) is 20.1 Å². The summed E-state index contributed by atoms with van der Waals surface area (Å²) in [7, 11) is 3.30. The molecule has 6 rings (SSSR count). The van der Waals surface area contributed by atoms with Gasteiger partial charge in [0.05, 0.1) is 36.7 Å². The summed E-state index contributed by atoms with van der Waals surface area (Å²) < 4.78 is 8.58. The number of hydroxylamine groups is 3. The van der Waals surface area contributed by atoms with Crippen LogP contribution in [0.15, 0.2) is 107 Å². The number of rotatable bonds is 9. The van der Waals surface area contributed by atoms with Gasteiger partial charge in [0.2, 0.25) is 0 Å². The van der Waals surface area contributed by atoms with E-state index >= 15 is 0 Å². The Morgan fingerprint density at radius 2 is 1.76 bits per heavy atom. The highest BCUT2D eigenvalue weighted by Crippen LogP contribution is 2.32. The maximum Gasteiger partial charge on any atom is 0.339 e. The van der Waals surface area contributed by atoms with Gasteiger partial charge in [0.1, 0.15) is 23.0 Å². The summed E-state index contributed by atoms with van der Waals surface area (Å²) >= 11 is 0. The van der Waals surface area contributed by atoms with Gasteiger partial charge in [-0.15, -0.1) is 0 Å². The number of nitrogens with one attached hydrogen (secondary N) is 2. The third-order valence-electron chi connectivity index (χ3n) is 8.31. The van der Waals surface area contributed by atoms with Crippen LogP contribution in [0.2, 0.25) is 0 Å². The minimum absolute atomic E-state index is 0.113. The van der Waals surface area contributed by atoms with Crippen molar-refractivity contribution >= 4 is 23.1 Å². The number of benzene rings is 3. The van der Waals surface area contributed by atoms with E-state index in [1.54, 1.807) is 63.6 Å². The number of amides is 1. The number of nitrogens with zero attached hydrogens (tertiary/aromatic N) is 4. The van der Waals surface area contributed by atoms with Gasteiger partial charge in [0.25, 0.3) is 5.91 Å². The molecule has 0 bridgehead atoms. The van der Waals surface area contributed by atoms with Gasteiger partial charge in [-0.2, -0.15) is 0 Å². The molecule has 1 atom stereocenters. The predicted octanol–water partition coefficient (Wildman–Crippen LogP) is 6.21. The normalized spacial score (nSPS) is 15.5. The maximum atomic E-state index is 14.3. The molecule has 1 saturated carbocycles. The Bertz CT molecular complexity index is 1970. The molecule has 46 heavy (non-hydrogen) atoms.